The number of rotatable bonds is 5. The molecule has 138 valence electrons. The zero-order valence-corrected chi connectivity index (χ0v) is 15.4. The minimum absolute atomic E-state index is 0.127. The summed E-state index contributed by atoms with van der Waals surface area (Å²) in [5.41, 5.74) is 1.22. The Labute approximate surface area is 151 Å². The van der Waals surface area contributed by atoms with Gasteiger partial charge in [0, 0.05) is 38.8 Å². The average Bonchev–Trinajstić information content (AvgIpc) is 2.63. The van der Waals surface area contributed by atoms with Gasteiger partial charge in [0.05, 0.1) is 0 Å². The lowest BCUT2D eigenvalue weighted by Gasteiger charge is -2.35. The normalized spacial score (nSPS) is 19.6. The molecule has 2 aliphatic rings. The largest absolute Gasteiger partial charge is 0.492 e. The van der Waals surface area contributed by atoms with Gasteiger partial charge in [0.2, 0.25) is 0 Å². The second kappa shape index (κ2) is 9.09. The molecule has 1 heterocycles. The molecule has 5 nitrogen and oxygen atoms in total. The van der Waals surface area contributed by atoms with Crippen molar-refractivity contribution in [3.8, 4) is 5.75 Å². The predicted molar refractivity (Wildman–Crippen MR) is 100 cm³/mol. The molecule has 2 amide bonds. The molecule has 1 aromatic carbocycles. The molecule has 2 fully saturated rings. The molecule has 0 radical (unpaired) electrons. The van der Waals surface area contributed by atoms with Crippen LogP contribution < -0.4 is 10.1 Å². The number of ether oxygens (including phenoxy) is 1. The Morgan fingerprint density at radius 1 is 1.16 bits per heavy atom. The molecule has 1 aromatic rings. The lowest BCUT2D eigenvalue weighted by molar-refractivity contribution is 0.123. The predicted octanol–water partition coefficient (Wildman–Crippen LogP) is 3.03. The first-order valence-electron chi connectivity index (χ1n) is 9.68. The number of urea groups is 1. The van der Waals surface area contributed by atoms with Gasteiger partial charge in [0.25, 0.3) is 0 Å². The Hall–Kier alpha value is -1.75. The van der Waals surface area contributed by atoms with E-state index in [2.05, 4.69) is 29.3 Å². The van der Waals surface area contributed by atoms with Gasteiger partial charge in [-0.15, -0.1) is 0 Å². The molecule has 1 aliphatic carbocycles. The number of piperazine rings is 1. The van der Waals surface area contributed by atoms with Gasteiger partial charge in [0.15, 0.2) is 0 Å². The first-order valence-corrected chi connectivity index (χ1v) is 9.68. The molecule has 1 N–H and O–H groups in total. The third-order valence-corrected chi connectivity index (χ3v) is 5.26. The van der Waals surface area contributed by atoms with Gasteiger partial charge in [-0.25, -0.2) is 4.79 Å². The highest BCUT2D eigenvalue weighted by molar-refractivity contribution is 5.74. The molecule has 0 aromatic heterocycles. The zero-order valence-electron chi connectivity index (χ0n) is 15.4. The number of benzene rings is 1. The lowest BCUT2D eigenvalue weighted by atomic mass is 9.96. The summed E-state index contributed by atoms with van der Waals surface area (Å²) in [5, 5.41) is 3.22. The minimum atomic E-state index is 0.127. The van der Waals surface area contributed by atoms with Crippen LogP contribution in [0.5, 0.6) is 5.75 Å². The zero-order chi connectivity index (χ0) is 17.5. The molecular formula is C20H31N3O2. The Morgan fingerprint density at radius 2 is 1.92 bits per heavy atom. The van der Waals surface area contributed by atoms with E-state index >= 15 is 0 Å². The number of aryl methyl sites for hydroxylation is 1. The van der Waals surface area contributed by atoms with Gasteiger partial charge in [-0.05, 0) is 37.5 Å². The SMILES string of the molecule is Cc1cccc(OCCN2CCN(C(=O)NC3CCCCC3)CC2)c1. The highest BCUT2D eigenvalue weighted by atomic mass is 16.5. The van der Waals surface area contributed by atoms with E-state index in [4.69, 9.17) is 4.74 Å². The highest BCUT2D eigenvalue weighted by Gasteiger charge is 2.23. The van der Waals surface area contributed by atoms with Crippen LogP contribution in [0.1, 0.15) is 37.7 Å². The summed E-state index contributed by atoms with van der Waals surface area (Å²) in [7, 11) is 0. The fraction of sp³-hybridized carbons (Fsp3) is 0.650. The van der Waals surface area contributed by atoms with Gasteiger partial charge in [-0.1, -0.05) is 31.4 Å². The maximum absolute atomic E-state index is 12.4. The summed E-state index contributed by atoms with van der Waals surface area (Å²) >= 11 is 0. The molecule has 0 spiro atoms. The van der Waals surface area contributed by atoms with Crippen molar-refractivity contribution in [3.05, 3.63) is 29.8 Å². The minimum Gasteiger partial charge on any atom is -0.492 e. The molecule has 25 heavy (non-hydrogen) atoms. The molecule has 1 saturated carbocycles. The first-order chi connectivity index (χ1) is 12.2. The van der Waals surface area contributed by atoms with Crippen LogP contribution in [0.15, 0.2) is 24.3 Å². The van der Waals surface area contributed by atoms with Gasteiger partial charge in [0.1, 0.15) is 12.4 Å². The second-order valence-corrected chi connectivity index (χ2v) is 7.28. The van der Waals surface area contributed by atoms with E-state index < -0.39 is 0 Å². The van der Waals surface area contributed by atoms with Gasteiger partial charge in [-0.2, -0.15) is 0 Å². The van der Waals surface area contributed by atoms with E-state index in [9.17, 15) is 4.79 Å². The lowest BCUT2D eigenvalue weighted by Crippen LogP contribution is -2.54. The smallest absolute Gasteiger partial charge is 0.317 e. The third-order valence-electron chi connectivity index (χ3n) is 5.26. The van der Waals surface area contributed by atoms with Gasteiger partial charge >= 0.3 is 6.03 Å². The van der Waals surface area contributed by atoms with Crippen molar-refractivity contribution in [2.45, 2.75) is 45.1 Å². The van der Waals surface area contributed by atoms with E-state index in [0.29, 0.717) is 12.6 Å². The maximum Gasteiger partial charge on any atom is 0.317 e. The number of hydrogen-bond acceptors (Lipinski definition) is 3. The van der Waals surface area contributed by atoms with Gasteiger partial charge in [-0.3, -0.25) is 4.90 Å². The fourth-order valence-electron chi connectivity index (χ4n) is 3.69. The molecule has 0 atom stereocenters. The third kappa shape index (κ3) is 5.63. The van der Waals surface area contributed by atoms with Gasteiger partial charge < -0.3 is 15.0 Å². The molecule has 1 aliphatic heterocycles. The van der Waals surface area contributed by atoms with Crippen molar-refractivity contribution < 1.29 is 9.53 Å². The Balaban J connectivity index is 1.33. The maximum atomic E-state index is 12.4. The van der Waals surface area contributed by atoms with E-state index in [1.54, 1.807) is 0 Å². The molecule has 0 bridgehead atoms. The monoisotopic (exact) mass is 345 g/mol. The highest BCUT2D eigenvalue weighted by Crippen LogP contribution is 2.18. The van der Waals surface area contributed by atoms with Crippen molar-refractivity contribution in [2.24, 2.45) is 0 Å². The topological polar surface area (TPSA) is 44.8 Å². The van der Waals surface area contributed by atoms with Crippen LogP contribution in [0.2, 0.25) is 0 Å². The van der Waals surface area contributed by atoms with Crippen LogP contribution in [0.4, 0.5) is 4.79 Å². The van der Waals surface area contributed by atoms with Crippen LogP contribution in [-0.2, 0) is 0 Å². The summed E-state index contributed by atoms with van der Waals surface area (Å²) in [6, 6.07) is 8.68. The summed E-state index contributed by atoms with van der Waals surface area (Å²) in [4.78, 5) is 16.7. The van der Waals surface area contributed by atoms with Crippen LogP contribution in [-0.4, -0.2) is 61.2 Å². The van der Waals surface area contributed by atoms with E-state index in [-0.39, 0.29) is 6.03 Å². The van der Waals surface area contributed by atoms with Crippen LogP contribution >= 0.6 is 0 Å². The number of amides is 2. The summed E-state index contributed by atoms with van der Waals surface area (Å²) in [5.74, 6) is 0.936. The second-order valence-electron chi connectivity index (χ2n) is 7.28. The average molecular weight is 345 g/mol. The molecular weight excluding hydrogens is 314 g/mol. The summed E-state index contributed by atoms with van der Waals surface area (Å²) in [6.45, 7) is 7.14. The van der Waals surface area contributed by atoms with Crippen molar-refractivity contribution >= 4 is 6.03 Å². The molecule has 1 saturated heterocycles. The number of hydrogen-bond donors (Lipinski definition) is 1. The van der Waals surface area contributed by atoms with Crippen molar-refractivity contribution in [3.63, 3.8) is 0 Å². The number of carbonyl (C=O) groups is 1. The standard InChI is InChI=1S/C20H31N3O2/c1-17-6-5-9-19(16-17)25-15-14-22-10-12-23(13-11-22)20(24)21-18-7-3-2-4-8-18/h5-6,9,16,18H,2-4,7-8,10-15H2,1H3,(H,21,24). The van der Waals surface area contributed by atoms with E-state index in [1.807, 2.05) is 17.0 Å². The van der Waals surface area contributed by atoms with Crippen LogP contribution in [0, 0.1) is 6.92 Å². The molecule has 0 unspecified atom stereocenters. The van der Waals surface area contributed by atoms with E-state index in [1.165, 1.54) is 24.8 Å². The van der Waals surface area contributed by atoms with Crippen LogP contribution in [0.3, 0.4) is 0 Å². The quantitative estimate of drug-likeness (QED) is 0.892. The fourth-order valence-corrected chi connectivity index (χ4v) is 3.69. The summed E-state index contributed by atoms with van der Waals surface area (Å²) in [6.07, 6.45) is 6.10. The molecule has 3 rings (SSSR count). The Morgan fingerprint density at radius 3 is 2.64 bits per heavy atom. The number of nitrogens with zero attached hydrogens (tertiary/aromatic N) is 2. The summed E-state index contributed by atoms with van der Waals surface area (Å²) < 4.78 is 5.83. The number of carbonyl (C=O) groups excluding carboxylic acids is 1. The molecule has 5 heteroatoms. The van der Waals surface area contributed by atoms with Crippen molar-refractivity contribution in [1.29, 1.82) is 0 Å². The Kier molecular flexibility index (Phi) is 6.56. The van der Waals surface area contributed by atoms with Crippen molar-refractivity contribution in [1.82, 2.24) is 15.1 Å². The Bertz CT molecular complexity index is 550. The van der Waals surface area contributed by atoms with E-state index in [0.717, 1.165) is 51.3 Å². The first kappa shape index (κ1) is 18.1. The van der Waals surface area contributed by atoms with Crippen molar-refractivity contribution in [2.75, 3.05) is 39.3 Å². The number of nitrogens with one attached hydrogen (secondary N) is 1. The van der Waals surface area contributed by atoms with Crippen LogP contribution in [0.25, 0.3) is 0 Å².